The molecule has 22 heavy (non-hydrogen) atoms. The molecule has 0 radical (unpaired) electrons. The highest BCUT2D eigenvalue weighted by Crippen LogP contribution is 2.30. The van der Waals surface area contributed by atoms with Crippen molar-refractivity contribution < 1.29 is 23.5 Å². The van der Waals surface area contributed by atoms with E-state index in [9.17, 15) is 19.2 Å². The molecule has 0 fully saturated rings. The summed E-state index contributed by atoms with van der Waals surface area (Å²) in [7, 11) is 0. The number of esters is 2. The number of hydrogen-bond donors (Lipinski definition) is 0. The van der Waals surface area contributed by atoms with Gasteiger partial charge in [0, 0.05) is 5.92 Å². The quantitative estimate of drug-likeness (QED) is 0.724. The van der Waals surface area contributed by atoms with E-state index in [1.807, 2.05) is 6.07 Å². The molecule has 1 aromatic rings. The maximum absolute atomic E-state index is 13.0. The van der Waals surface area contributed by atoms with Crippen LogP contribution >= 0.6 is 0 Å². The first kappa shape index (κ1) is 17.6. The average molecular weight is 307 g/mol. The van der Waals surface area contributed by atoms with E-state index in [0.29, 0.717) is 5.56 Å². The van der Waals surface area contributed by atoms with E-state index in [4.69, 9.17) is 9.47 Å². The Kier molecular flexibility index (Phi) is 7.03. The zero-order valence-electron chi connectivity index (χ0n) is 12.5. The number of ether oxygens (including phenoxy) is 2. The van der Waals surface area contributed by atoms with Crippen LogP contribution in [0.15, 0.2) is 24.3 Å². The number of benzene rings is 1. The molecule has 1 rings (SSSR count). The smallest absolute Gasteiger partial charge is 0.323 e. The zero-order chi connectivity index (χ0) is 16.5. The Labute approximate surface area is 128 Å². The second-order valence-corrected chi connectivity index (χ2v) is 4.53. The fourth-order valence-electron chi connectivity index (χ4n) is 2.08. The topological polar surface area (TPSA) is 76.4 Å². The van der Waals surface area contributed by atoms with Crippen molar-refractivity contribution in [3.63, 3.8) is 0 Å². The van der Waals surface area contributed by atoms with Crippen LogP contribution in [0.25, 0.3) is 0 Å². The molecule has 0 heterocycles. The van der Waals surface area contributed by atoms with E-state index in [1.165, 1.54) is 24.3 Å². The summed E-state index contributed by atoms with van der Waals surface area (Å²) in [5.74, 6) is -3.58. The lowest BCUT2D eigenvalue weighted by atomic mass is 9.84. The third-order valence-corrected chi connectivity index (χ3v) is 3.07. The molecule has 5 nitrogen and oxygen atoms in total. The van der Waals surface area contributed by atoms with Crippen LogP contribution in [0, 0.1) is 23.1 Å². The molecule has 0 saturated heterocycles. The Morgan fingerprint density at radius 2 is 1.77 bits per heavy atom. The summed E-state index contributed by atoms with van der Waals surface area (Å²) in [6.07, 6.45) is -0.156. The molecule has 0 unspecified atom stereocenters. The van der Waals surface area contributed by atoms with E-state index in [-0.39, 0.29) is 19.6 Å². The second kappa shape index (κ2) is 8.78. The van der Waals surface area contributed by atoms with Gasteiger partial charge in [-0.15, -0.1) is 0 Å². The summed E-state index contributed by atoms with van der Waals surface area (Å²) in [4.78, 5) is 23.7. The Bertz CT molecular complexity index is 550. The predicted molar refractivity (Wildman–Crippen MR) is 76.1 cm³/mol. The number of carbonyl (C=O) groups excluding carboxylic acids is 2. The maximum atomic E-state index is 13.0. The number of halogens is 1. The van der Waals surface area contributed by atoms with E-state index < -0.39 is 29.6 Å². The summed E-state index contributed by atoms with van der Waals surface area (Å²) in [6, 6.07) is 7.20. The Balaban J connectivity index is 3.09. The molecular weight excluding hydrogens is 289 g/mol. The van der Waals surface area contributed by atoms with Crippen LogP contribution < -0.4 is 0 Å². The highest BCUT2D eigenvalue weighted by molar-refractivity contribution is 5.79. The van der Waals surface area contributed by atoms with Crippen LogP contribution in [0.4, 0.5) is 4.39 Å². The van der Waals surface area contributed by atoms with Crippen molar-refractivity contribution in [2.75, 3.05) is 13.2 Å². The van der Waals surface area contributed by atoms with Crippen molar-refractivity contribution in [1.82, 2.24) is 0 Å². The van der Waals surface area contributed by atoms with Gasteiger partial charge in [-0.05, 0) is 31.5 Å². The van der Waals surface area contributed by atoms with Gasteiger partial charge in [0.15, 0.2) is 5.92 Å². The Morgan fingerprint density at radius 3 is 2.27 bits per heavy atom. The molecular formula is C16H18FNO4. The third-order valence-electron chi connectivity index (χ3n) is 3.07. The molecule has 0 spiro atoms. The van der Waals surface area contributed by atoms with Gasteiger partial charge in [-0.1, -0.05) is 12.1 Å². The summed E-state index contributed by atoms with van der Waals surface area (Å²) in [6.45, 7) is 3.63. The minimum atomic E-state index is -1.16. The molecule has 0 aliphatic carbocycles. The van der Waals surface area contributed by atoms with Gasteiger partial charge < -0.3 is 9.47 Å². The van der Waals surface area contributed by atoms with Crippen LogP contribution in [0.1, 0.15) is 31.7 Å². The fourth-order valence-corrected chi connectivity index (χ4v) is 2.08. The van der Waals surface area contributed by atoms with Crippen LogP contribution in [0.2, 0.25) is 0 Å². The molecule has 118 valence electrons. The lowest BCUT2D eigenvalue weighted by Crippen LogP contribution is -2.26. The van der Waals surface area contributed by atoms with Gasteiger partial charge in [0.25, 0.3) is 0 Å². The minimum Gasteiger partial charge on any atom is -0.466 e. The van der Waals surface area contributed by atoms with Gasteiger partial charge >= 0.3 is 11.9 Å². The normalized spacial score (nSPS) is 12.8. The van der Waals surface area contributed by atoms with Gasteiger partial charge in [-0.3, -0.25) is 9.59 Å². The van der Waals surface area contributed by atoms with Crippen LogP contribution in [0.5, 0.6) is 0 Å². The largest absolute Gasteiger partial charge is 0.466 e. The first-order chi connectivity index (χ1) is 10.5. The van der Waals surface area contributed by atoms with E-state index >= 15 is 0 Å². The summed E-state index contributed by atoms with van der Waals surface area (Å²) in [5, 5.41) is 9.28. The number of nitriles is 1. The molecule has 0 amide bonds. The van der Waals surface area contributed by atoms with Crippen LogP contribution in [-0.4, -0.2) is 25.2 Å². The first-order valence-electron chi connectivity index (χ1n) is 7.00. The summed E-state index contributed by atoms with van der Waals surface area (Å²) in [5.41, 5.74) is 0.508. The Hall–Kier alpha value is -2.42. The molecule has 2 atom stereocenters. The highest BCUT2D eigenvalue weighted by atomic mass is 19.1. The van der Waals surface area contributed by atoms with E-state index in [1.54, 1.807) is 13.8 Å². The monoisotopic (exact) mass is 307 g/mol. The number of carbonyl (C=O) groups is 2. The van der Waals surface area contributed by atoms with Gasteiger partial charge in [0.05, 0.1) is 25.7 Å². The lowest BCUT2D eigenvalue weighted by molar-refractivity contribution is -0.148. The molecule has 0 aliphatic rings. The molecule has 6 heteroatoms. The fraction of sp³-hybridized carbons (Fsp3) is 0.438. The van der Waals surface area contributed by atoms with Crippen LogP contribution in [-0.2, 0) is 19.1 Å². The summed E-state index contributed by atoms with van der Waals surface area (Å²) < 4.78 is 22.8. The molecule has 0 saturated carbocycles. The number of nitrogens with zero attached hydrogens (tertiary/aromatic N) is 1. The number of rotatable bonds is 7. The van der Waals surface area contributed by atoms with Crippen molar-refractivity contribution in [2.45, 2.75) is 26.2 Å². The van der Waals surface area contributed by atoms with Gasteiger partial charge in [-0.2, -0.15) is 5.26 Å². The van der Waals surface area contributed by atoms with E-state index in [2.05, 4.69) is 0 Å². The summed E-state index contributed by atoms with van der Waals surface area (Å²) >= 11 is 0. The van der Waals surface area contributed by atoms with Crippen molar-refractivity contribution in [1.29, 1.82) is 5.26 Å². The molecule has 1 aromatic carbocycles. The lowest BCUT2D eigenvalue weighted by Gasteiger charge is -2.20. The zero-order valence-corrected chi connectivity index (χ0v) is 12.5. The van der Waals surface area contributed by atoms with E-state index in [0.717, 1.165) is 0 Å². The highest BCUT2D eigenvalue weighted by Gasteiger charge is 2.33. The van der Waals surface area contributed by atoms with Crippen molar-refractivity contribution in [3.8, 4) is 6.07 Å². The Morgan fingerprint density at radius 1 is 1.18 bits per heavy atom. The predicted octanol–water partition coefficient (Wildman–Crippen LogP) is 2.57. The average Bonchev–Trinajstić information content (AvgIpc) is 2.48. The number of hydrogen-bond acceptors (Lipinski definition) is 5. The maximum Gasteiger partial charge on any atom is 0.323 e. The van der Waals surface area contributed by atoms with Gasteiger partial charge in [0.2, 0.25) is 0 Å². The SMILES string of the molecule is CCOC(=O)C[C@@H](c1ccc(F)cc1)[C@@H](C#N)C(=O)OCC. The second-order valence-electron chi connectivity index (χ2n) is 4.53. The van der Waals surface area contributed by atoms with Crippen molar-refractivity contribution >= 4 is 11.9 Å². The standard InChI is InChI=1S/C16H18FNO4/c1-3-21-15(19)9-13(11-5-7-12(17)8-6-11)14(10-18)16(20)22-4-2/h5-8,13-14H,3-4,9H2,1-2H3/t13-,14+/m0/s1. The van der Waals surface area contributed by atoms with Crippen LogP contribution in [0.3, 0.4) is 0 Å². The van der Waals surface area contributed by atoms with Crippen molar-refractivity contribution in [3.05, 3.63) is 35.6 Å². The van der Waals surface area contributed by atoms with Gasteiger partial charge in [-0.25, -0.2) is 4.39 Å². The molecule has 0 bridgehead atoms. The molecule has 0 aliphatic heterocycles. The molecule has 0 aromatic heterocycles. The minimum absolute atomic E-state index is 0.132. The molecule has 0 N–H and O–H groups in total. The third kappa shape index (κ3) is 4.85. The van der Waals surface area contributed by atoms with Gasteiger partial charge in [0.1, 0.15) is 5.82 Å². The first-order valence-corrected chi connectivity index (χ1v) is 7.00. The van der Waals surface area contributed by atoms with Crippen molar-refractivity contribution in [2.24, 2.45) is 5.92 Å².